The lowest BCUT2D eigenvalue weighted by Gasteiger charge is -1.87. The highest BCUT2D eigenvalue weighted by molar-refractivity contribution is 5.55. The minimum Gasteiger partial charge on any atom is -0.392 e. The maximum absolute atomic E-state index is 4.67. The predicted molar refractivity (Wildman–Crippen MR) is 34.9 cm³/mol. The van der Waals surface area contributed by atoms with Gasteiger partial charge < -0.3 is 4.84 Å². The Labute approximate surface area is 49.8 Å². The largest absolute Gasteiger partial charge is 0.392 e. The zero-order valence-electron chi connectivity index (χ0n) is 5.13. The minimum absolute atomic E-state index is 0.497. The zero-order valence-corrected chi connectivity index (χ0v) is 5.13. The van der Waals surface area contributed by atoms with Gasteiger partial charge in [-0.25, -0.2) is 0 Å². The first kappa shape index (κ1) is 7.21. The molecule has 0 atom stereocenters. The van der Waals surface area contributed by atoms with Crippen LogP contribution < -0.4 is 0 Å². The molecule has 0 aromatic carbocycles. The average Bonchev–Trinajstić information content (AvgIpc) is 1.81. The molecule has 0 aliphatic rings. The van der Waals surface area contributed by atoms with E-state index in [1.54, 1.807) is 12.3 Å². The zero-order chi connectivity index (χ0) is 6.24. The van der Waals surface area contributed by atoms with E-state index in [4.69, 9.17) is 0 Å². The summed E-state index contributed by atoms with van der Waals surface area (Å²) in [5, 5.41) is 3.58. The lowest BCUT2D eigenvalue weighted by molar-refractivity contribution is 0.176. The Balaban J connectivity index is 2.90. The fourth-order valence-electron chi connectivity index (χ4n) is 0.223. The number of oxime groups is 1. The molecule has 0 bridgehead atoms. The fourth-order valence-corrected chi connectivity index (χ4v) is 0.223. The number of hydrogen-bond donors (Lipinski definition) is 0. The predicted octanol–water partition coefficient (Wildman–Crippen LogP) is 1.58. The number of hydrogen-bond acceptors (Lipinski definition) is 2. The second kappa shape index (κ2) is 6.21. The van der Waals surface area contributed by atoms with Crippen LogP contribution in [0.25, 0.3) is 0 Å². The van der Waals surface area contributed by atoms with Crippen molar-refractivity contribution in [3.05, 3.63) is 12.7 Å². The van der Waals surface area contributed by atoms with Gasteiger partial charge in [0.25, 0.3) is 0 Å². The normalized spacial score (nSPS) is 9.62. The standard InChI is InChI=1S/C6H11NO/c1-3-5-7-8-6-4-2/h4-5H,2-3,6H2,1H3. The monoisotopic (exact) mass is 113 g/mol. The van der Waals surface area contributed by atoms with Gasteiger partial charge in [0.2, 0.25) is 0 Å². The molecule has 46 valence electrons. The van der Waals surface area contributed by atoms with E-state index in [2.05, 4.69) is 16.6 Å². The molecule has 8 heavy (non-hydrogen) atoms. The fraction of sp³-hybridized carbons (Fsp3) is 0.500. The first-order valence-corrected chi connectivity index (χ1v) is 2.66. The van der Waals surface area contributed by atoms with E-state index in [9.17, 15) is 0 Å². The van der Waals surface area contributed by atoms with E-state index >= 15 is 0 Å². The maximum atomic E-state index is 4.67. The molecule has 0 spiro atoms. The summed E-state index contributed by atoms with van der Waals surface area (Å²) in [4.78, 5) is 4.67. The molecule has 2 heteroatoms. The smallest absolute Gasteiger partial charge is 0.135 e. The highest BCUT2D eigenvalue weighted by Crippen LogP contribution is 1.75. The molecule has 0 aromatic heterocycles. The molecule has 0 saturated heterocycles. The summed E-state index contributed by atoms with van der Waals surface area (Å²) in [6.07, 6.45) is 4.29. The molecule has 0 fully saturated rings. The van der Waals surface area contributed by atoms with E-state index in [1.807, 2.05) is 6.92 Å². The van der Waals surface area contributed by atoms with Crippen molar-refractivity contribution >= 4 is 6.21 Å². The molecule has 0 heterocycles. The van der Waals surface area contributed by atoms with Gasteiger partial charge in [-0.2, -0.15) is 0 Å². The van der Waals surface area contributed by atoms with Crippen LogP contribution in [-0.4, -0.2) is 12.8 Å². The van der Waals surface area contributed by atoms with Crippen LogP contribution in [0.5, 0.6) is 0 Å². The molecular weight excluding hydrogens is 102 g/mol. The van der Waals surface area contributed by atoms with E-state index in [0.717, 1.165) is 6.42 Å². The Bertz CT molecular complexity index is 78.6. The summed E-state index contributed by atoms with van der Waals surface area (Å²) in [5.74, 6) is 0. The minimum atomic E-state index is 0.497. The van der Waals surface area contributed by atoms with Crippen molar-refractivity contribution in [1.29, 1.82) is 0 Å². The third kappa shape index (κ3) is 5.21. The van der Waals surface area contributed by atoms with Gasteiger partial charge in [-0.05, 0) is 6.42 Å². The number of nitrogens with zero attached hydrogens (tertiary/aromatic N) is 1. The molecule has 0 unspecified atom stereocenters. The quantitative estimate of drug-likeness (QED) is 0.235. The van der Waals surface area contributed by atoms with Crippen molar-refractivity contribution in [3.8, 4) is 0 Å². The van der Waals surface area contributed by atoms with E-state index in [-0.39, 0.29) is 0 Å². The first-order chi connectivity index (χ1) is 3.91. The third-order valence-corrected chi connectivity index (χ3v) is 0.524. The van der Waals surface area contributed by atoms with E-state index < -0.39 is 0 Å². The lowest BCUT2D eigenvalue weighted by atomic mass is 10.6. The van der Waals surface area contributed by atoms with Crippen molar-refractivity contribution in [2.24, 2.45) is 5.16 Å². The molecule has 0 N–H and O–H groups in total. The molecule has 0 rings (SSSR count). The van der Waals surface area contributed by atoms with Crippen LogP contribution in [-0.2, 0) is 4.84 Å². The van der Waals surface area contributed by atoms with Gasteiger partial charge in [0.05, 0.1) is 0 Å². The van der Waals surface area contributed by atoms with Crippen LogP contribution in [0.4, 0.5) is 0 Å². The van der Waals surface area contributed by atoms with Crippen LogP contribution in [0.3, 0.4) is 0 Å². The van der Waals surface area contributed by atoms with Crippen molar-refractivity contribution in [1.82, 2.24) is 0 Å². The Morgan fingerprint density at radius 2 is 2.50 bits per heavy atom. The van der Waals surface area contributed by atoms with Crippen LogP contribution in [0.15, 0.2) is 17.8 Å². The summed E-state index contributed by atoms with van der Waals surface area (Å²) in [5.41, 5.74) is 0. The number of rotatable bonds is 4. The maximum Gasteiger partial charge on any atom is 0.135 e. The van der Waals surface area contributed by atoms with E-state index in [0.29, 0.717) is 6.61 Å². The SMILES string of the molecule is C=CCON=CCC. The van der Waals surface area contributed by atoms with Crippen LogP contribution >= 0.6 is 0 Å². The van der Waals surface area contributed by atoms with Crippen molar-refractivity contribution in [3.63, 3.8) is 0 Å². The van der Waals surface area contributed by atoms with Gasteiger partial charge in [-0.1, -0.05) is 24.7 Å². The molecule has 0 saturated carbocycles. The van der Waals surface area contributed by atoms with Crippen molar-refractivity contribution in [2.75, 3.05) is 6.61 Å². The second-order valence-electron chi connectivity index (χ2n) is 1.28. The van der Waals surface area contributed by atoms with Gasteiger partial charge in [0.15, 0.2) is 0 Å². The molecule has 0 amide bonds. The van der Waals surface area contributed by atoms with Gasteiger partial charge in [0.1, 0.15) is 6.61 Å². The summed E-state index contributed by atoms with van der Waals surface area (Å²) < 4.78 is 0. The lowest BCUT2D eigenvalue weighted by Crippen LogP contribution is -1.80. The Hall–Kier alpha value is -0.790. The van der Waals surface area contributed by atoms with Gasteiger partial charge in [-0.15, -0.1) is 0 Å². The Morgan fingerprint density at radius 1 is 1.75 bits per heavy atom. The van der Waals surface area contributed by atoms with Crippen molar-refractivity contribution in [2.45, 2.75) is 13.3 Å². The average molecular weight is 113 g/mol. The summed E-state index contributed by atoms with van der Waals surface area (Å²) in [7, 11) is 0. The highest BCUT2D eigenvalue weighted by atomic mass is 16.6. The highest BCUT2D eigenvalue weighted by Gasteiger charge is 1.68. The molecule has 0 radical (unpaired) electrons. The second-order valence-corrected chi connectivity index (χ2v) is 1.28. The van der Waals surface area contributed by atoms with Gasteiger partial charge >= 0.3 is 0 Å². The van der Waals surface area contributed by atoms with Crippen molar-refractivity contribution < 1.29 is 4.84 Å². The Morgan fingerprint density at radius 3 is 3.00 bits per heavy atom. The first-order valence-electron chi connectivity index (χ1n) is 2.66. The third-order valence-electron chi connectivity index (χ3n) is 0.524. The molecule has 0 aliphatic carbocycles. The molecule has 0 aliphatic heterocycles. The Kier molecular flexibility index (Phi) is 5.60. The summed E-state index contributed by atoms with van der Waals surface area (Å²) in [6.45, 7) is 5.96. The molecule has 2 nitrogen and oxygen atoms in total. The van der Waals surface area contributed by atoms with E-state index in [1.165, 1.54) is 0 Å². The van der Waals surface area contributed by atoms with Crippen LogP contribution in [0.2, 0.25) is 0 Å². The van der Waals surface area contributed by atoms with Gasteiger partial charge in [-0.3, -0.25) is 0 Å². The topological polar surface area (TPSA) is 21.6 Å². The van der Waals surface area contributed by atoms with Crippen LogP contribution in [0.1, 0.15) is 13.3 Å². The summed E-state index contributed by atoms with van der Waals surface area (Å²) in [6, 6.07) is 0. The molecular formula is C6H11NO. The summed E-state index contributed by atoms with van der Waals surface area (Å²) >= 11 is 0. The van der Waals surface area contributed by atoms with Gasteiger partial charge in [0, 0.05) is 6.21 Å². The van der Waals surface area contributed by atoms with Crippen LogP contribution in [0, 0.1) is 0 Å². The molecule has 0 aromatic rings.